The van der Waals surface area contributed by atoms with Crippen molar-refractivity contribution in [2.24, 2.45) is 0 Å². The highest BCUT2D eigenvalue weighted by Gasteiger charge is 2.19. The number of hydrogen-bond donors (Lipinski definition) is 1. The maximum Gasteiger partial charge on any atom is 0.257 e. The van der Waals surface area contributed by atoms with Crippen molar-refractivity contribution >= 4 is 28.3 Å². The van der Waals surface area contributed by atoms with Crippen LogP contribution < -0.4 is 10.1 Å². The summed E-state index contributed by atoms with van der Waals surface area (Å²) >= 11 is 0. The smallest absolute Gasteiger partial charge is 0.257 e. The van der Waals surface area contributed by atoms with Crippen LogP contribution in [0.2, 0.25) is 0 Å². The number of methoxy groups -OCH3 is 1. The number of amides is 1. The number of aryl methyl sites for hydroxylation is 1. The number of aromatic nitrogens is 3. The van der Waals surface area contributed by atoms with Gasteiger partial charge in [-0.25, -0.2) is 15.0 Å². The average molecular weight is 413 g/mol. The molecule has 2 aromatic heterocycles. The summed E-state index contributed by atoms with van der Waals surface area (Å²) in [7, 11) is 3.33. The molecule has 7 heteroatoms. The molecule has 0 unspecified atom stereocenters. The first-order valence-corrected chi connectivity index (χ1v) is 9.89. The topological polar surface area (TPSA) is 80.2 Å². The van der Waals surface area contributed by atoms with Crippen molar-refractivity contribution in [3.05, 3.63) is 83.9 Å². The van der Waals surface area contributed by atoms with Gasteiger partial charge >= 0.3 is 0 Å². The van der Waals surface area contributed by atoms with E-state index in [1.54, 1.807) is 37.4 Å². The average Bonchev–Trinajstić information content (AvgIpc) is 2.79. The lowest BCUT2D eigenvalue weighted by molar-refractivity contribution is 0.0782. The lowest BCUT2D eigenvalue weighted by Crippen LogP contribution is -2.28. The highest BCUT2D eigenvalue weighted by molar-refractivity contribution is 5.99. The standard InChI is InChI=1S/C24H23N5O2/c1-16-17-9-4-5-11-19(17)27-22(26-16)15-29(2)24(30)18-10-8-14-25-23(18)28-20-12-6-7-13-21(20)31-3/h4-14H,15H2,1-3H3,(H,25,28). The van der Waals surface area contributed by atoms with Crippen molar-refractivity contribution in [2.45, 2.75) is 13.5 Å². The van der Waals surface area contributed by atoms with Gasteiger partial charge in [0.05, 0.1) is 30.4 Å². The fourth-order valence-corrected chi connectivity index (χ4v) is 3.41. The van der Waals surface area contributed by atoms with Crippen LogP contribution in [0.4, 0.5) is 11.5 Å². The second-order valence-corrected chi connectivity index (χ2v) is 7.13. The highest BCUT2D eigenvalue weighted by atomic mass is 16.5. The zero-order valence-electron chi connectivity index (χ0n) is 17.7. The van der Waals surface area contributed by atoms with Gasteiger partial charge in [0.2, 0.25) is 0 Å². The van der Waals surface area contributed by atoms with Crippen LogP contribution in [0.3, 0.4) is 0 Å². The Balaban J connectivity index is 1.58. The monoisotopic (exact) mass is 413 g/mol. The summed E-state index contributed by atoms with van der Waals surface area (Å²) in [6, 6.07) is 18.8. The molecule has 0 atom stereocenters. The van der Waals surface area contributed by atoms with Crippen molar-refractivity contribution in [3.8, 4) is 5.75 Å². The van der Waals surface area contributed by atoms with Gasteiger partial charge in [-0.05, 0) is 37.3 Å². The largest absolute Gasteiger partial charge is 0.495 e. The second kappa shape index (κ2) is 8.79. The number of rotatable bonds is 6. The van der Waals surface area contributed by atoms with Crippen LogP contribution in [0, 0.1) is 6.92 Å². The van der Waals surface area contributed by atoms with Crippen LogP contribution in [0.25, 0.3) is 10.9 Å². The van der Waals surface area contributed by atoms with E-state index in [0.717, 1.165) is 22.3 Å². The van der Waals surface area contributed by atoms with E-state index in [2.05, 4.69) is 20.3 Å². The zero-order chi connectivity index (χ0) is 21.8. The molecule has 1 N–H and O–H groups in total. The van der Waals surface area contributed by atoms with E-state index in [0.29, 0.717) is 23.0 Å². The summed E-state index contributed by atoms with van der Waals surface area (Å²) < 4.78 is 5.39. The highest BCUT2D eigenvalue weighted by Crippen LogP contribution is 2.28. The predicted molar refractivity (Wildman–Crippen MR) is 121 cm³/mol. The number of benzene rings is 2. The molecule has 0 aliphatic carbocycles. The van der Waals surface area contributed by atoms with Crippen molar-refractivity contribution in [2.75, 3.05) is 19.5 Å². The van der Waals surface area contributed by atoms with Crippen LogP contribution in [0.1, 0.15) is 21.9 Å². The molecule has 0 radical (unpaired) electrons. The summed E-state index contributed by atoms with van der Waals surface area (Å²) in [6.07, 6.45) is 1.64. The summed E-state index contributed by atoms with van der Waals surface area (Å²) in [5.74, 6) is 1.54. The Labute approximate surface area is 180 Å². The molecule has 31 heavy (non-hydrogen) atoms. The first-order chi connectivity index (χ1) is 15.1. The molecule has 0 saturated heterocycles. The summed E-state index contributed by atoms with van der Waals surface area (Å²) in [4.78, 5) is 28.4. The fraction of sp³-hybridized carbons (Fsp3) is 0.167. The maximum absolute atomic E-state index is 13.2. The molecular weight excluding hydrogens is 390 g/mol. The molecule has 0 spiro atoms. The summed E-state index contributed by atoms with van der Waals surface area (Å²) in [5, 5.41) is 4.22. The second-order valence-electron chi connectivity index (χ2n) is 7.13. The molecule has 7 nitrogen and oxygen atoms in total. The fourth-order valence-electron chi connectivity index (χ4n) is 3.41. The first-order valence-electron chi connectivity index (χ1n) is 9.89. The van der Waals surface area contributed by atoms with E-state index in [9.17, 15) is 4.79 Å². The minimum atomic E-state index is -0.181. The zero-order valence-corrected chi connectivity index (χ0v) is 17.7. The molecule has 0 aliphatic rings. The lowest BCUT2D eigenvalue weighted by atomic mass is 10.2. The van der Waals surface area contributed by atoms with E-state index in [1.807, 2.05) is 55.5 Å². The first kappa shape index (κ1) is 20.3. The predicted octanol–water partition coefficient (Wildman–Crippen LogP) is 4.36. The van der Waals surface area contributed by atoms with E-state index in [1.165, 1.54) is 0 Å². The normalized spacial score (nSPS) is 10.7. The van der Waals surface area contributed by atoms with Gasteiger partial charge in [-0.3, -0.25) is 4.79 Å². The van der Waals surface area contributed by atoms with E-state index in [4.69, 9.17) is 4.74 Å². The third-order valence-electron chi connectivity index (χ3n) is 4.96. The van der Waals surface area contributed by atoms with Crippen LogP contribution in [-0.4, -0.2) is 39.9 Å². The SMILES string of the molecule is COc1ccccc1Nc1ncccc1C(=O)N(C)Cc1nc(C)c2ccccc2n1. The van der Waals surface area contributed by atoms with Crippen LogP contribution >= 0.6 is 0 Å². The quantitative estimate of drug-likeness (QED) is 0.506. The number of fused-ring (bicyclic) bond motifs is 1. The molecule has 156 valence electrons. The number of hydrogen-bond acceptors (Lipinski definition) is 6. The van der Waals surface area contributed by atoms with Crippen molar-refractivity contribution in [1.82, 2.24) is 19.9 Å². The Bertz CT molecular complexity index is 1240. The van der Waals surface area contributed by atoms with Crippen LogP contribution in [0.5, 0.6) is 5.75 Å². The van der Waals surface area contributed by atoms with E-state index in [-0.39, 0.29) is 12.5 Å². The van der Waals surface area contributed by atoms with Gasteiger partial charge in [0, 0.05) is 24.3 Å². The van der Waals surface area contributed by atoms with Crippen LogP contribution in [0.15, 0.2) is 66.9 Å². The molecule has 1 amide bonds. The van der Waals surface area contributed by atoms with Crippen molar-refractivity contribution in [3.63, 3.8) is 0 Å². The number of carbonyl (C=O) groups is 1. The molecule has 2 heterocycles. The van der Waals surface area contributed by atoms with Gasteiger partial charge in [-0.2, -0.15) is 0 Å². The molecule has 0 bridgehead atoms. The molecule has 4 aromatic rings. The summed E-state index contributed by atoms with van der Waals surface area (Å²) in [6.45, 7) is 2.24. The molecular formula is C24H23N5O2. The minimum Gasteiger partial charge on any atom is -0.495 e. The van der Waals surface area contributed by atoms with Crippen LogP contribution in [-0.2, 0) is 6.54 Å². The number of pyridine rings is 1. The molecule has 2 aromatic carbocycles. The Morgan fingerprint density at radius 1 is 1.03 bits per heavy atom. The van der Waals surface area contributed by atoms with E-state index >= 15 is 0 Å². The van der Waals surface area contributed by atoms with Gasteiger partial charge in [-0.15, -0.1) is 0 Å². The third kappa shape index (κ3) is 4.30. The van der Waals surface area contributed by atoms with Gasteiger partial charge < -0.3 is 15.0 Å². The Hall–Kier alpha value is -4.00. The summed E-state index contributed by atoms with van der Waals surface area (Å²) in [5.41, 5.74) is 2.94. The van der Waals surface area contributed by atoms with E-state index < -0.39 is 0 Å². The Kier molecular flexibility index (Phi) is 5.75. The molecule has 0 aliphatic heterocycles. The van der Waals surface area contributed by atoms with Gasteiger partial charge in [0.1, 0.15) is 17.4 Å². The van der Waals surface area contributed by atoms with Gasteiger partial charge in [0.15, 0.2) is 0 Å². The Morgan fingerprint density at radius 2 is 1.81 bits per heavy atom. The number of ether oxygens (including phenoxy) is 1. The number of nitrogens with zero attached hydrogens (tertiary/aromatic N) is 4. The molecule has 0 fully saturated rings. The third-order valence-corrected chi connectivity index (χ3v) is 4.96. The van der Waals surface area contributed by atoms with Crippen molar-refractivity contribution in [1.29, 1.82) is 0 Å². The number of para-hydroxylation sites is 3. The number of anilines is 2. The number of carbonyl (C=O) groups excluding carboxylic acids is 1. The minimum absolute atomic E-state index is 0.181. The van der Waals surface area contributed by atoms with Gasteiger partial charge in [-0.1, -0.05) is 30.3 Å². The molecule has 0 saturated carbocycles. The lowest BCUT2D eigenvalue weighted by Gasteiger charge is -2.19. The number of nitrogens with one attached hydrogen (secondary N) is 1. The molecule has 4 rings (SSSR count). The van der Waals surface area contributed by atoms with Crippen molar-refractivity contribution < 1.29 is 9.53 Å². The maximum atomic E-state index is 13.2. The van der Waals surface area contributed by atoms with Gasteiger partial charge in [0.25, 0.3) is 5.91 Å². The Morgan fingerprint density at radius 3 is 2.65 bits per heavy atom.